The summed E-state index contributed by atoms with van der Waals surface area (Å²) in [6, 6.07) is 7.66. The van der Waals surface area contributed by atoms with Crippen molar-refractivity contribution in [3.63, 3.8) is 0 Å². The fourth-order valence-electron chi connectivity index (χ4n) is 2.04. The van der Waals surface area contributed by atoms with E-state index in [2.05, 4.69) is 10.2 Å². The quantitative estimate of drug-likeness (QED) is 0.577. The van der Waals surface area contributed by atoms with Gasteiger partial charge in [-0.2, -0.15) is 0 Å². The van der Waals surface area contributed by atoms with Crippen LogP contribution in [0.1, 0.15) is 13.8 Å². The summed E-state index contributed by atoms with van der Waals surface area (Å²) in [5.74, 6) is 1.44. The predicted octanol–water partition coefficient (Wildman–Crippen LogP) is 2.63. The fraction of sp³-hybridized carbons (Fsp3) is 0.400. The summed E-state index contributed by atoms with van der Waals surface area (Å²) in [6.45, 7) is 4.88. The molecule has 118 valence electrons. The van der Waals surface area contributed by atoms with Crippen LogP contribution in [0, 0.1) is 0 Å². The van der Waals surface area contributed by atoms with Gasteiger partial charge in [0.25, 0.3) is 0 Å². The van der Waals surface area contributed by atoms with Gasteiger partial charge in [-0.3, -0.25) is 4.79 Å². The van der Waals surface area contributed by atoms with Gasteiger partial charge in [0, 0.05) is 6.54 Å². The number of para-hydroxylation sites is 1. The Hall–Kier alpha value is -2.02. The number of thioether (sulfide) groups is 1. The van der Waals surface area contributed by atoms with Crippen LogP contribution in [0.3, 0.4) is 0 Å². The van der Waals surface area contributed by atoms with Crippen LogP contribution in [0.15, 0.2) is 29.4 Å². The van der Waals surface area contributed by atoms with E-state index in [1.165, 1.54) is 11.8 Å². The van der Waals surface area contributed by atoms with E-state index in [9.17, 15) is 4.79 Å². The molecule has 0 spiro atoms. The van der Waals surface area contributed by atoms with Crippen molar-refractivity contribution in [2.24, 2.45) is 0 Å². The summed E-state index contributed by atoms with van der Waals surface area (Å²) < 4.78 is 12.3. The number of benzene rings is 1. The van der Waals surface area contributed by atoms with Crippen LogP contribution in [0.2, 0.25) is 0 Å². The highest BCUT2D eigenvalue weighted by atomic mass is 32.2. The number of hydrogen-bond acceptors (Lipinski definition) is 6. The SMILES string of the molecule is CCOC(=O)CSc1nnc(-c2ccccc2OC)n1CC. The van der Waals surface area contributed by atoms with Gasteiger partial charge < -0.3 is 14.0 Å². The monoisotopic (exact) mass is 321 g/mol. The van der Waals surface area contributed by atoms with Gasteiger partial charge in [-0.15, -0.1) is 10.2 Å². The van der Waals surface area contributed by atoms with E-state index >= 15 is 0 Å². The molecule has 0 atom stereocenters. The first kappa shape index (κ1) is 16.4. The van der Waals surface area contributed by atoms with E-state index in [-0.39, 0.29) is 11.7 Å². The van der Waals surface area contributed by atoms with Gasteiger partial charge in [0.2, 0.25) is 0 Å². The molecule has 0 N–H and O–H groups in total. The van der Waals surface area contributed by atoms with Gasteiger partial charge in [-0.1, -0.05) is 23.9 Å². The molecular weight excluding hydrogens is 302 g/mol. The Morgan fingerprint density at radius 1 is 1.27 bits per heavy atom. The molecule has 0 saturated carbocycles. The van der Waals surface area contributed by atoms with Gasteiger partial charge >= 0.3 is 5.97 Å². The van der Waals surface area contributed by atoms with E-state index in [0.717, 1.165) is 17.1 Å². The third kappa shape index (κ3) is 3.59. The van der Waals surface area contributed by atoms with E-state index in [1.807, 2.05) is 35.8 Å². The molecule has 0 bridgehead atoms. The molecule has 0 unspecified atom stereocenters. The van der Waals surface area contributed by atoms with E-state index < -0.39 is 0 Å². The summed E-state index contributed by atoms with van der Waals surface area (Å²) in [7, 11) is 1.63. The van der Waals surface area contributed by atoms with Crippen LogP contribution in [0.4, 0.5) is 0 Å². The summed E-state index contributed by atoms with van der Waals surface area (Å²) in [5, 5.41) is 9.12. The Morgan fingerprint density at radius 2 is 2.05 bits per heavy atom. The fourth-order valence-corrected chi connectivity index (χ4v) is 2.84. The second-order valence-electron chi connectivity index (χ2n) is 4.34. The molecule has 0 saturated heterocycles. The summed E-state index contributed by atoms with van der Waals surface area (Å²) in [5.41, 5.74) is 0.877. The van der Waals surface area contributed by atoms with Crippen LogP contribution >= 0.6 is 11.8 Å². The second kappa shape index (κ2) is 7.84. The molecule has 2 aromatic rings. The highest BCUT2D eigenvalue weighted by Gasteiger charge is 2.17. The van der Waals surface area contributed by atoms with Crippen molar-refractivity contribution >= 4 is 17.7 Å². The van der Waals surface area contributed by atoms with Crippen LogP contribution in [-0.2, 0) is 16.1 Å². The number of ether oxygens (including phenoxy) is 2. The highest BCUT2D eigenvalue weighted by molar-refractivity contribution is 7.99. The zero-order valence-electron chi connectivity index (χ0n) is 12.9. The van der Waals surface area contributed by atoms with Crippen molar-refractivity contribution in [1.29, 1.82) is 0 Å². The summed E-state index contributed by atoms with van der Waals surface area (Å²) >= 11 is 1.32. The Kier molecular flexibility index (Phi) is 5.83. The van der Waals surface area contributed by atoms with Crippen LogP contribution < -0.4 is 4.74 Å². The van der Waals surface area contributed by atoms with E-state index in [1.54, 1.807) is 14.0 Å². The van der Waals surface area contributed by atoms with Crippen molar-refractivity contribution in [3.8, 4) is 17.1 Å². The van der Waals surface area contributed by atoms with Crippen molar-refractivity contribution < 1.29 is 14.3 Å². The maximum Gasteiger partial charge on any atom is 0.316 e. The molecule has 0 amide bonds. The first-order valence-corrected chi connectivity index (χ1v) is 8.04. The molecular formula is C15H19N3O3S. The third-order valence-corrected chi connectivity index (χ3v) is 3.95. The number of carbonyl (C=O) groups is 1. The zero-order chi connectivity index (χ0) is 15.9. The van der Waals surface area contributed by atoms with Crippen LogP contribution in [-0.4, -0.2) is 40.2 Å². The zero-order valence-corrected chi connectivity index (χ0v) is 13.7. The lowest BCUT2D eigenvalue weighted by atomic mass is 10.2. The number of carbonyl (C=O) groups excluding carboxylic acids is 1. The maximum atomic E-state index is 11.5. The van der Waals surface area contributed by atoms with Crippen LogP contribution in [0.25, 0.3) is 11.4 Å². The molecule has 1 aromatic heterocycles. The molecule has 0 aliphatic heterocycles. The molecule has 2 rings (SSSR count). The van der Waals surface area contributed by atoms with Crippen molar-refractivity contribution in [1.82, 2.24) is 14.8 Å². The van der Waals surface area contributed by atoms with E-state index in [4.69, 9.17) is 9.47 Å². The summed E-state index contributed by atoms with van der Waals surface area (Å²) in [6.07, 6.45) is 0. The molecule has 6 nitrogen and oxygen atoms in total. The minimum Gasteiger partial charge on any atom is -0.496 e. The Bertz CT molecular complexity index is 643. The minimum absolute atomic E-state index is 0.220. The number of nitrogens with zero attached hydrogens (tertiary/aromatic N) is 3. The largest absolute Gasteiger partial charge is 0.496 e. The highest BCUT2D eigenvalue weighted by Crippen LogP contribution is 2.30. The van der Waals surface area contributed by atoms with Gasteiger partial charge in [0.15, 0.2) is 11.0 Å². The predicted molar refractivity (Wildman–Crippen MR) is 85.0 cm³/mol. The van der Waals surface area contributed by atoms with Gasteiger partial charge in [0.05, 0.1) is 25.0 Å². The molecule has 0 aliphatic rings. The Balaban J connectivity index is 2.26. The lowest BCUT2D eigenvalue weighted by Gasteiger charge is -2.10. The third-order valence-electron chi connectivity index (χ3n) is 3.01. The molecule has 0 fully saturated rings. The Morgan fingerprint density at radius 3 is 2.73 bits per heavy atom. The lowest BCUT2D eigenvalue weighted by molar-refractivity contribution is -0.139. The topological polar surface area (TPSA) is 66.2 Å². The maximum absolute atomic E-state index is 11.5. The molecule has 1 heterocycles. The molecule has 0 radical (unpaired) electrons. The number of aromatic nitrogens is 3. The van der Waals surface area contributed by atoms with Crippen molar-refractivity contribution in [2.45, 2.75) is 25.5 Å². The smallest absolute Gasteiger partial charge is 0.316 e. The Labute approximate surface area is 133 Å². The van der Waals surface area contributed by atoms with E-state index in [0.29, 0.717) is 18.3 Å². The van der Waals surface area contributed by atoms with Crippen LogP contribution in [0.5, 0.6) is 5.75 Å². The number of rotatable bonds is 7. The molecule has 22 heavy (non-hydrogen) atoms. The average molecular weight is 321 g/mol. The normalized spacial score (nSPS) is 10.5. The number of hydrogen-bond donors (Lipinski definition) is 0. The van der Waals surface area contributed by atoms with Gasteiger partial charge in [-0.05, 0) is 26.0 Å². The standard InChI is InChI=1S/C15H19N3O3S/c1-4-18-14(11-8-6-7-9-12(11)20-3)16-17-15(18)22-10-13(19)21-5-2/h6-9H,4-5,10H2,1-3H3. The second-order valence-corrected chi connectivity index (χ2v) is 5.29. The average Bonchev–Trinajstić information content (AvgIpc) is 2.95. The first-order chi connectivity index (χ1) is 10.7. The lowest BCUT2D eigenvalue weighted by Crippen LogP contribution is -2.08. The van der Waals surface area contributed by atoms with Crippen molar-refractivity contribution in [3.05, 3.63) is 24.3 Å². The summed E-state index contributed by atoms with van der Waals surface area (Å²) in [4.78, 5) is 11.5. The number of esters is 1. The molecule has 0 aliphatic carbocycles. The first-order valence-electron chi connectivity index (χ1n) is 7.06. The molecule has 1 aromatic carbocycles. The number of methoxy groups -OCH3 is 1. The van der Waals surface area contributed by atoms with Crippen molar-refractivity contribution in [2.75, 3.05) is 19.5 Å². The van der Waals surface area contributed by atoms with Gasteiger partial charge in [-0.25, -0.2) is 0 Å². The minimum atomic E-state index is -0.253. The molecule has 7 heteroatoms. The van der Waals surface area contributed by atoms with Gasteiger partial charge in [0.1, 0.15) is 5.75 Å².